The first kappa shape index (κ1) is 73.9. The van der Waals surface area contributed by atoms with Gasteiger partial charge in [-0.25, -0.2) is 4.57 Å². The second-order valence-corrected chi connectivity index (χ2v) is 22.4. The number of phosphoric acid groups is 1. The van der Waals surface area contributed by atoms with E-state index in [2.05, 4.69) is 160 Å². The van der Waals surface area contributed by atoms with Gasteiger partial charge in [0.1, 0.15) is 19.8 Å². The molecule has 0 fully saturated rings. The van der Waals surface area contributed by atoms with E-state index in [4.69, 9.17) is 18.5 Å². The number of quaternary nitrogens is 1. The summed E-state index contributed by atoms with van der Waals surface area (Å²) in [5, 5.41) is 0. The maximum Gasteiger partial charge on any atom is 0.472 e. The zero-order valence-corrected chi connectivity index (χ0v) is 51.0. The van der Waals surface area contributed by atoms with Gasteiger partial charge in [0.25, 0.3) is 0 Å². The first-order valence-electron chi connectivity index (χ1n) is 30.6. The highest BCUT2D eigenvalue weighted by molar-refractivity contribution is 7.47. The van der Waals surface area contributed by atoms with Crippen molar-refractivity contribution >= 4 is 19.8 Å². The van der Waals surface area contributed by atoms with Crippen LogP contribution in [0.5, 0.6) is 0 Å². The average molecular weight is 1100 g/mol. The minimum Gasteiger partial charge on any atom is -0.462 e. The quantitative estimate of drug-likeness (QED) is 0.0211. The molecule has 9 nitrogen and oxygen atoms in total. The number of hydrogen-bond acceptors (Lipinski definition) is 7. The predicted octanol–water partition coefficient (Wildman–Crippen LogP) is 19.5. The normalized spacial score (nSPS) is 14.3. The van der Waals surface area contributed by atoms with Gasteiger partial charge in [-0.2, -0.15) is 0 Å². The van der Waals surface area contributed by atoms with Gasteiger partial charge in [0.15, 0.2) is 6.10 Å². The van der Waals surface area contributed by atoms with Crippen molar-refractivity contribution in [2.24, 2.45) is 0 Å². The summed E-state index contributed by atoms with van der Waals surface area (Å²) in [7, 11) is 1.44. The van der Waals surface area contributed by atoms with Gasteiger partial charge in [-0.3, -0.25) is 18.6 Å². The molecule has 0 saturated carbocycles. The van der Waals surface area contributed by atoms with Crippen LogP contribution in [0.15, 0.2) is 146 Å². The number of nitrogens with zero attached hydrogens (tertiary/aromatic N) is 1. The Kier molecular flexibility index (Phi) is 54.5. The maximum absolute atomic E-state index is 12.8. The number of likely N-dealkylation sites (N-methyl/N-ethyl adjacent to an activating group) is 1. The molecule has 0 rings (SSSR count). The van der Waals surface area contributed by atoms with Gasteiger partial charge in [-0.1, -0.05) is 237 Å². The van der Waals surface area contributed by atoms with Crippen molar-refractivity contribution in [2.45, 2.75) is 225 Å². The lowest BCUT2D eigenvalue weighted by atomic mass is 10.0. The second-order valence-electron chi connectivity index (χ2n) is 21.0. The molecule has 0 aliphatic carbocycles. The molecular formula is C68H113NO8P+. The summed E-state index contributed by atoms with van der Waals surface area (Å²) in [6.07, 6.45) is 85.0. The van der Waals surface area contributed by atoms with Crippen molar-refractivity contribution in [3.63, 3.8) is 0 Å². The van der Waals surface area contributed by atoms with Crippen LogP contribution >= 0.6 is 7.82 Å². The Hall–Kier alpha value is -4.11. The molecule has 78 heavy (non-hydrogen) atoms. The Labute approximate surface area is 478 Å². The standard InChI is InChI=1S/C68H112NO8P/c1-6-8-10-12-14-16-18-20-22-24-26-27-28-29-30-31-32-33-34-35-36-37-38-39-40-41-43-45-47-49-51-53-55-57-59-61-68(71)77-66(65-76-78(72,73)75-63-62-69(3,4)5)64-74-67(70)60-58-56-54-52-50-48-46-44-42-25-23-21-19-17-15-13-11-9-7-2/h8-11,14-17,20-23,26-27,29-30,32-33,35-36,42,44,48,50,66H,6-7,12-13,18-19,24-25,28,31,34,37-41,43,45-47,49,51-65H2,1-5H3/p+1/b10-8-,11-9-,16-14-,17-15-,22-20-,23-21-,27-26-,30-29-,33-32-,36-35-,44-42-,50-48-. The fraction of sp³-hybridized carbons (Fsp3) is 0.618. The molecule has 0 aromatic rings. The van der Waals surface area contributed by atoms with Crippen LogP contribution in [0.3, 0.4) is 0 Å². The third kappa shape index (κ3) is 61.1. The molecule has 10 heteroatoms. The Morgan fingerprint density at radius 1 is 0.397 bits per heavy atom. The number of phosphoric ester groups is 1. The minimum atomic E-state index is -4.40. The SMILES string of the molecule is CC/C=C\C/C=C\C/C=C\C/C=C\C/C=C\C/C=C\C/C=C\CCCCCCCCCCCCCCCC(=O)OC(COC(=O)CCCCC/C=C\C/C=C\C/C=C\C/C=C\C/C=C\CC)COP(=O)(O)OCC[N+](C)(C)C. The van der Waals surface area contributed by atoms with Crippen molar-refractivity contribution in [3.05, 3.63) is 146 Å². The van der Waals surface area contributed by atoms with E-state index in [0.29, 0.717) is 23.9 Å². The number of ether oxygens (including phenoxy) is 2. The molecule has 0 aliphatic rings. The summed E-state index contributed by atoms with van der Waals surface area (Å²) < 4.78 is 34.5. The molecule has 0 saturated heterocycles. The van der Waals surface area contributed by atoms with E-state index in [1.54, 1.807) is 0 Å². The largest absolute Gasteiger partial charge is 0.472 e. The smallest absolute Gasteiger partial charge is 0.462 e. The van der Waals surface area contributed by atoms with Crippen molar-refractivity contribution < 1.29 is 42.1 Å². The Morgan fingerprint density at radius 2 is 0.692 bits per heavy atom. The number of carbonyl (C=O) groups excluding carboxylic acids is 2. The topological polar surface area (TPSA) is 108 Å². The lowest BCUT2D eigenvalue weighted by molar-refractivity contribution is -0.870. The first-order valence-corrected chi connectivity index (χ1v) is 32.1. The van der Waals surface area contributed by atoms with Crippen LogP contribution in [0.1, 0.15) is 219 Å². The van der Waals surface area contributed by atoms with Gasteiger partial charge >= 0.3 is 19.8 Å². The number of rotatable bonds is 54. The summed E-state index contributed by atoms with van der Waals surface area (Å²) in [5.41, 5.74) is 0. The van der Waals surface area contributed by atoms with Crippen molar-refractivity contribution in [2.75, 3.05) is 47.5 Å². The highest BCUT2D eigenvalue weighted by Gasteiger charge is 2.27. The van der Waals surface area contributed by atoms with Gasteiger partial charge in [0.2, 0.25) is 0 Å². The molecule has 0 aromatic carbocycles. The van der Waals surface area contributed by atoms with E-state index in [0.717, 1.165) is 116 Å². The van der Waals surface area contributed by atoms with Gasteiger partial charge in [-0.15, -0.1) is 0 Å². The van der Waals surface area contributed by atoms with E-state index in [1.807, 2.05) is 21.1 Å². The van der Waals surface area contributed by atoms with Crippen LogP contribution in [0.25, 0.3) is 0 Å². The molecule has 2 unspecified atom stereocenters. The average Bonchev–Trinajstić information content (AvgIpc) is 3.41. The number of hydrogen-bond donors (Lipinski definition) is 1. The van der Waals surface area contributed by atoms with Crippen LogP contribution in [-0.2, 0) is 32.7 Å². The van der Waals surface area contributed by atoms with Crippen LogP contribution in [0.4, 0.5) is 0 Å². The van der Waals surface area contributed by atoms with Gasteiger partial charge in [-0.05, 0) is 116 Å². The van der Waals surface area contributed by atoms with Crippen molar-refractivity contribution in [3.8, 4) is 0 Å². The van der Waals surface area contributed by atoms with E-state index in [1.165, 1.54) is 64.2 Å². The molecule has 0 radical (unpaired) electrons. The number of unbranched alkanes of at least 4 members (excludes halogenated alkanes) is 16. The van der Waals surface area contributed by atoms with Gasteiger partial charge in [0.05, 0.1) is 27.7 Å². The Bertz CT molecular complexity index is 1820. The third-order valence-corrected chi connectivity index (χ3v) is 13.3. The molecule has 0 spiro atoms. The highest BCUT2D eigenvalue weighted by atomic mass is 31.2. The fourth-order valence-corrected chi connectivity index (χ4v) is 8.47. The lowest BCUT2D eigenvalue weighted by Gasteiger charge is -2.24. The zero-order chi connectivity index (χ0) is 57.0. The molecule has 0 amide bonds. The fourth-order valence-electron chi connectivity index (χ4n) is 7.73. The van der Waals surface area contributed by atoms with Crippen LogP contribution < -0.4 is 0 Å². The Balaban J connectivity index is 4.16. The van der Waals surface area contributed by atoms with Crippen LogP contribution in [-0.4, -0.2) is 74.9 Å². The van der Waals surface area contributed by atoms with Crippen molar-refractivity contribution in [1.29, 1.82) is 0 Å². The second kappa shape index (κ2) is 57.6. The summed E-state index contributed by atoms with van der Waals surface area (Å²) >= 11 is 0. The molecule has 0 aromatic heterocycles. The van der Waals surface area contributed by atoms with Gasteiger partial charge in [0, 0.05) is 12.8 Å². The van der Waals surface area contributed by atoms with Crippen molar-refractivity contribution in [1.82, 2.24) is 0 Å². The molecule has 442 valence electrons. The molecular weight excluding hydrogens is 990 g/mol. The monoisotopic (exact) mass is 1100 g/mol. The van der Waals surface area contributed by atoms with Crippen LogP contribution in [0, 0.1) is 0 Å². The third-order valence-electron chi connectivity index (χ3n) is 12.4. The summed E-state index contributed by atoms with van der Waals surface area (Å²) in [4.78, 5) is 35.7. The molecule has 2 atom stereocenters. The van der Waals surface area contributed by atoms with Crippen LogP contribution in [0.2, 0.25) is 0 Å². The summed E-state index contributed by atoms with van der Waals surface area (Å²) in [5.74, 6) is -0.845. The maximum atomic E-state index is 12.8. The van der Waals surface area contributed by atoms with E-state index < -0.39 is 32.5 Å². The number of carbonyl (C=O) groups is 2. The van der Waals surface area contributed by atoms with Gasteiger partial charge < -0.3 is 18.9 Å². The van der Waals surface area contributed by atoms with E-state index >= 15 is 0 Å². The predicted molar refractivity (Wildman–Crippen MR) is 334 cm³/mol. The van der Waals surface area contributed by atoms with E-state index in [-0.39, 0.29) is 26.1 Å². The molecule has 0 bridgehead atoms. The molecule has 0 heterocycles. The summed E-state index contributed by atoms with van der Waals surface area (Å²) in [6.45, 7) is 4.15. The Morgan fingerprint density at radius 3 is 1.04 bits per heavy atom. The molecule has 1 N–H and O–H groups in total. The minimum absolute atomic E-state index is 0.0184. The number of allylic oxidation sites excluding steroid dienone is 24. The first-order chi connectivity index (χ1) is 38.0. The number of esters is 2. The summed E-state index contributed by atoms with van der Waals surface area (Å²) in [6, 6.07) is 0. The zero-order valence-electron chi connectivity index (χ0n) is 50.1. The lowest BCUT2D eigenvalue weighted by Crippen LogP contribution is -2.37. The van der Waals surface area contributed by atoms with E-state index in [9.17, 15) is 19.0 Å². The molecule has 0 aliphatic heterocycles. The highest BCUT2D eigenvalue weighted by Crippen LogP contribution is 2.43.